The van der Waals surface area contributed by atoms with Gasteiger partial charge >= 0.3 is 0 Å². The van der Waals surface area contributed by atoms with E-state index in [0.29, 0.717) is 11.3 Å². The van der Waals surface area contributed by atoms with E-state index in [1.807, 2.05) is 40.7 Å². The van der Waals surface area contributed by atoms with Gasteiger partial charge in [-0.15, -0.1) is 0 Å². The van der Waals surface area contributed by atoms with Crippen molar-refractivity contribution >= 4 is 15.9 Å². The van der Waals surface area contributed by atoms with Crippen LogP contribution in [0.1, 0.15) is 44.5 Å². The summed E-state index contributed by atoms with van der Waals surface area (Å²) in [6.07, 6.45) is 1.68. The highest BCUT2D eigenvalue weighted by Gasteiger charge is 2.05. The van der Waals surface area contributed by atoms with Gasteiger partial charge in [0.1, 0.15) is 18.2 Å². The molecule has 0 radical (unpaired) electrons. The fourth-order valence-corrected chi connectivity index (χ4v) is 1.90. The van der Waals surface area contributed by atoms with E-state index >= 15 is 0 Å². The van der Waals surface area contributed by atoms with Gasteiger partial charge in [-0.1, -0.05) is 27.7 Å². The number of halogens is 2. The Bertz CT molecular complexity index is 654. The Morgan fingerprint density at radius 1 is 1.17 bits per heavy atom. The molecule has 0 saturated carbocycles. The highest BCUT2D eigenvalue weighted by Crippen LogP contribution is 2.22. The zero-order valence-electron chi connectivity index (χ0n) is 14.2. The summed E-state index contributed by atoms with van der Waals surface area (Å²) >= 11 is 3.31. The number of nitrogens with zero attached hydrogens (tertiary/aromatic N) is 2. The molecule has 1 aromatic carbocycles. The third-order valence-electron chi connectivity index (χ3n) is 2.49. The summed E-state index contributed by atoms with van der Waals surface area (Å²) in [6, 6.07) is 7.85. The summed E-state index contributed by atoms with van der Waals surface area (Å²) in [6.45, 7) is 10.0. The zero-order valence-corrected chi connectivity index (χ0v) is 15.7. The lowest BCUT2D eigenvalue weighted by molar-refractivity contribution is 0.301. The van der Waals surface area contributed by atoms with E-state index in [2.05, 4.69) is 20.9 Å². The second kappa shape index (κ2) is 11.6. The number of hydrogen-bond acceptors (Lipinski definition) is 3. The molecule has 23 heavy (non-hydrogen) atoms. The Labute approximate surface area is 146 Å². The lowest BCUT2D eigenvalue weighted by Gasteiger charge is -2.09. The van der Waals surface area contributed by atoms with Gasteiger partial charge in [0.15, 0.2) is 0 Å². The van der Waals surface area contributed by atoms with Gasteiger partial charge in [0, 0.05) is 10.7 Å². The van der Waals surface area contributed by atoms with Crippen LogP contribution in [0.25, 0.3) is 0 Å². The van der Waals surface area contributed by atoms with Crippen LogP contribution < -0.4 is 4.74 Å². The van der Waals surface area contributed by atoms with Gasteiger partial charge < -0.3 is 4.74 Å². The third-order valence-corrected chi connectivity index (χ3v) is 2.92. The molecule has 1 heterocycles. The van der Waals surface area contributed by atoms with Crippen molar-refractivity contribution in [3.05, 3.63) is 57.6 Å². The van der Waals surface area contributed by atoms with Crippen molar-refractivity contribution in [2.24, 2.45) is 0 Å². The highest BCUT2D eigenvalue weighted by molar-refractivity contribution is 9.10. The first-order chi connectivity index (χ1) is 11.1. The maximum Gasteiger partial charge on any atom is 0.142 e. The molecule has 2 aromatic rings. The van der Waals surface area contributed by atoms with Gasteiger partial charge in [-0.25, -0.2) is 4.39 Å². The molecule has 0 bridgehead atoms. The molecule has 0 amide bonds. The SMILES string of the molecule is CC.CC.Cc1ncc(Br)cc1OCc1cc(F)cc(C#N)c1. The molecular formula is C18H22BrFN2O. The zero-order chi connectivity index (χ0) is 17.8. The van der Waals surface area contributed by atoms with E-state index in [-0.39, 0.29) is 12.2 Å². The fraction of sp³-hybridized carbons (Fsp3) is 0.333. The average molecular weight is 381 g/mol. The maximum atomic E-state index is 13.3. The minimum Gasteiger partial charge on any atom is -0.487 e. The summed E-state index contributed by atoms with van der Waals surface area (Å²) < 4.78 is 19.7. The molecular weight excluding hydrogens is 359 g/mol. The largest absolute Gasteiger partial charge is 0.487 e. The van der Waals surface area contributed by atoms with Crippen molar-refractivity contribution in [2.75, 3.05) is 0 Å². The van der Waals surface area contributed by atoms with Crippen molar-refractivity contribution in [3.8, 4) is 11.8 Å². The van der Waals surface area contributed by atoms with Crippen molar-refractivity contribution in [2.45, 2.75) is 41.2 Å². The monoisotopic (exact) mass is 380 g/mol. The first kappa shape index (κ1) is 21.1. The van der Waals surface area contributed by atoms with Gasteiger partial charge in [-0.3, -0.25) is 4.98 Å². The van der Waals surface area contributed by atoms with Gasteiger partial charge in [-0.2, -0.15) is 5.26 Å². The second-order valence-electron chi connectivity index (χ2n) is 3.99. The molecule has 1 aromatic heterocycles. The number of rotatable bonds is 3. The molecule has 0 saturated heterocycles. The Kier molecular flexibility index (Phi) is 10.6. The topological polar surface area (TPSA) is 45.9 Å². The van der Waals surface area contributed by atoms with E-state index in [1.54, 1.807) is 18.3 Å². The number of nitriles is 1. The number of hydrogen-bond donors (Lipinski definition) is 0. The van der Waals surface area contributed by atoms with Gasteiger partial charge in [0.2, 0.25) is 0 Å². The number of pyridine rings is 1. The molecule has 0 atom stereocenters. The van der Waals surface area contributed by atoms with Crippen molar-refractivity contribution in [1.82, 2.24) is 4.98 Å². The Morgan fingerprint density at radius 3 is 2.43 bits per heavy atom. The number of aryl methyl sites for hydroxylation is 1. The maximum absolute atomic E-state index is 13.3. The van der Waals surface area contributed by atoms with Crippen LogP contribution in [0.15, 0.2) is 34.9 Å². The van der Waals surface area contributed by atoms with Crippen LogP contribution >= 0.6 is 15.9 Å². The van der Waals surface area contributed by atoms with Gasteiger partial charge in [-0.05, 0) is 52.7 Å². The number of benzene rings is 1. The van der Waals surface area contributed by atoms with E-state index in [9.17, 15) is 4.39 Å². The quantitative estimate of drug-likeness (QED) is 0.676. The van der Waals surface area contributed by atoms with Crippen molar-refractivity contribution in [1.29, 1.82) is 5.26 Å². The number of aromatic nitrogens is 1. The third kappa shape index (κ3) is 7.25. The molecule has 0 aliphatic rings. The molecule has 0 aliphatic heterocycles. The Hall–Kier alpha value is -1.93. The summed E-state index contributed by atoms with van der Waals surface area (Å²) in [4.78, 5) is 4.14. The van der Waals surface area contributed by atoms with Crippen molar-refractivity contribution < 1.29 is 9.13 Å². The van der Waals surface area contributed by atoms with Crippen LogP contribution in [0, 0.1) is 24.1 Å². The summed E-state index contributed by atoms with van der Waals surface area (Å²) in [5, 5.41) is 8.78. The molecule has 0 N–H and O–H groups in total. The van der Waals surface area contributed by atoms with Crippen LogP contribution in [0.2, 0.25) is 0 Å². The summed E-state index contributed by atoms with van der Waals surface area (Å²) in [7, 11) is 0. The minimum absolute atomic E-state index is 0.186. The first-order valence-electron chi connectivity index (χ1n) is 7.53. The molecule has 0 unspecified atom stereocenters. The van der Waals surface area contributed by atoms with Gasteiger partial charge in [0.05, 0.1) is 17.3 Å². The van der Waals surface area contributed by atoms with E-state index < -0.39 is 5.82 Å². The van der Waals surface area contributed by atoms with Crippen LogP contribution in [-0.2, 0) is 6.61 Å². The average Bonchev–Trinajstić information content (AvgIpc) is 2.58. The van der Waals surface area contributed by atoms with E-state index in [0.717, 1.165) is 10.2 Å². The molecule has 3 nitrogen and oxygen atoms in total. The summed E-state index contributed by atoms with van der Waals surface area (Å²) in [5.41, 5.74) is 1.64. The van der Waals surface area contributed by atoms with E-state index in [4.69, 9.17) is 10.00 Å². The number of ether oxygens (including phenoxy) is 1. The predicted octanol–water partition coefficient (Wildman–Crippen LogP) is 5.79. The van der Waals surface area contributed by atoms with Gasteiger partial charge in [0.25, 0.3) is 0 Å². The highest BCUT2D eigenvalue weighted by atomic mass is 79.9. The van der Waals surface area contributed by atoms with Crippen LogP contribution in [0.4, 0.5) is 4.39 Å². The molecule has 2 rings (SSSR count). The Balaban J connectivity index is 0.00000112. The van der Waals surface area contributed by atoms with E-state index in [1.165, 1.54) is 12.1 Å². The van der Waals surface area contributed by atoms with Crippen LogP contribution in [-0.4, -0.2) is 4.98 Å². The lowest BCUT2D eigenvalue weighted by atomic mass is 10.1. The first-order valence-corrected chi connectivity index (χ1v) is 8.32. The van der Waals surface area contributed by atoms with Crippen LogP contribution in [0.5, 0.6) is 5.75 Å². The fourth-order valence-electron chi connectivity index (χ4n) is 1.59. The van der Waals surface area contributed by atoms with Crippen LogP contribution in [0.3, 0.4) is 0 Å². The summed E-state index contributed by atoms with van der Waals surface area (Å²) in [5.74, 6) is 0.180. The standard InChI is InChI=1S/C14H10BrFN2O.2C2H6/c1-9-14(5-12(15)7-18-9)19-8-11-2-10(6-17)3-13(16)4-11;2*1-2/h2-5,7H,8H2,1H3;2*1-2H3. The van der Waals surface area contributed by atoms with Crippen molar-refractivity contribution in [3.63, 3.8) is 0 Å². The lowest BCUT2D eigenvalue weighted by Crippen LogP contribution is -1.99. The molecule has 0 spiro atoms. The molecule has 0 aliphatic carbocycles. The second-order valence-corrected chi connectivity index (χ2v) is 4.90. The minimum atomic E-state index is -0.443. The predicted molar refractivity (Wildman–Crippen MR) is 94.8 cm³/mol. The molecule has 0 fully saturated rings. The smallest absolute Gasteiger partial charge is 0.142 e. The Morgan fingerprint density at radius 2 is 1.83 bits per heavy atom. The molecule has 124 valence electrons. The normalized spacial score (nSPS) is 8.78. The molecule has 5 heteroatoms.